The van der Waals surface area contributed by atoms with E-state index in [1.807, 2.05) is 32.0 Å². The molecule has 0 aliphatic carbocycles. The van der Waals surface area contributed by atoms with E-state index in [9.17, 15) is 8.42 Å². The van der Waals surface area contributed by atoms with Gasteiger partial charge < -0.3 is 4.90 Å². The summed E-state index contributed by atoms with van der Waals surface area (Å²) in [6.45, 7) is 5.88. The zero-order chi connectivity index (χ0) is 16.4. The van der Waals surface area contributed by atoms with E-state index in [2.05, 4.69) is 15.7 Å². The van der Waals surface area contributed by atoms with Gasteiger partial charge in [-0.05, 0) is 62.1 Å². The van der Waals surface area contributed by atoms with Crippen molar-refractivity contribution in [3.05, 3.63) is 53.6 Å². The number of hydrogen-bond acceptors (Lipinski definition) is 3. The molecule has 0 amide bonds. The van der Waals surface area contributed by atoms with E-state index in [-0.39, 0.29) is 0 Å². The highest BCUT2D eigenvalue weighted by molar-refractivity contribution is 7.92. The Morgan fingerprint density at radius 3 is 2.43 bits per heavy atom. The molecule has 0 bridgehead atoms. The molecule has 1 aliphatic heterocycles. The fourth-order valence-corrected chi connectivity index (χ4v) is 4.10. The van der Waals surface area contributed by atoms with E-state index >= 15 is 0 Å². The minimum atomic E-state index is -3.57. The summed E-state index contributed by atoms with van der Waals surface area (Å²) in [7, 11) is -3.57. The van der Waals surface area contributed by atoms with E-state index in [0.717, 1.165) is 29.9 Å². The van der Waals surface area contributed by atoms with Crippen LogP contribution in [-0.4, -0.2) is 21.5 Å². The summed E-state index contributed by atoms with van der Waals surface area (Å²) in [5.74, 6) is 0. The van der Waals surface area contributed by atoms with Crippen LogP contribution in [0.25, 0.3) is 0 Å². The molecule has 1 saturated heterocycles. The summed E-state index contributed by atoms with van der Waals surface area (Å²) in [6, 6.07) is 12.9. The first-order valence-corrected chi connectivity index (χ1v) is 9.39. The third-order valence-corrected chi connectivity index (χ3v) is 5.60. The highest BCUT2D eigenvalue weighted by Gasteiger charge is 2.17. The van der Waals surface area contributed by atoms with E-state index in [1.54, 1.807) is 18.2 Å². The maximum atomic E-state index is 12.6. The summed E-state index contributed by atoms with van der Waals surface area (Å²) in [5, 5.41) is 0. The van der Waals surface area contributed by atoms with Gasteiger partial charge in [0.2, 0.25) is 0 Å². The molecule has 0 unspecified atom stereocenters. The minimum absolute atomic E-state index is 0.295. The Morgan fingerprint density at radius 2 is 1.74 bits per heavy atom. The molecule has 3 rings (SSSR count). The van der Waals surface area contributed by atoms with Gasteiger partial charge in [0.15, 0.2) is 0 Å². The summed E-state index contributed by atoms with van der Waals surface area (Å²) >= 11 is 0. The monoisotopic (exact) mass is 330 g/mol. The van der Waals surface area contributed by atoms with Gasteiger partial charge in [0.1, 0.15) is 0 Å². The second-order valence-electron chi connectivity index (χ2n) is 6.12. The van der Waals surface area contributed by atoms with Crippen LogP contribution in [0.5, 0.6) is 0 Å². The summed E-state index contributed by atoms with van der Waals surface area (Å²) in [5.41, 5.74) is 3.57. The molecule has 0 spiro atoms. The van der Waals surface area contributed by atoms with Gasteiger partial charge in [0.05, 0.1) is 10.6 Å². The van der Waals surface area contributed by atoms with Crippen molar-refractivity contribution in [1.29, 1.82) is 0 Å². The lowest BCUT2D eigenvalue weighted by Crippen LogP contribution is -2.19. The van der Waals surface area contributed by atoms with Gasteiger partial charge in [0.25, 0.3) is 10.0 Å². The first kappa shape index (κ1) is 15.9. The molecule has 1 aliphatic rings. The van der Waals surface area contributed by atoms with Crippen molar-refractivity contribution in [2.75, 3.05) is 22.7 Å². The number of rotatable bonds is 4. The number of sulfonamides is 1. The number of nitrogens with one attached hydrogen (secondary N) is 1. The minimum Gasteiger partial charge on any atom is -0.371 e. The summed E-state index contributed by atoms with van der Waals surface area (Å²) in [4.78, 5) is 2.59. The molecule has 0 radical (unpaired) electrons. The van der Waals surface area contributed by atoms with Crippen LogP contribution in [0.3, 0.4) is 0 Å². The lowest BCUT2D eigenvalue weighted by molar-refractivity contribution is 0.601. The van der Waals surface area contributed by atoms with Crippen LogP contribution in [0.4, 0.5) is 11.4 Å². The number of anilines is 2. The van der Waals surface area contributed by atoms with Gasteiger partial charge in [-0.2, -0.15) is 0 Å². The molecular formula is C18H22N2O2S. The molecule has 4 nitrogen and oxygen atoms in total. The van der Waals surface area contributed by atoms with Crippen molar-refractivity contribution in [2.24, 2.45) is 0 Å². The Kier molecular flexibility index (Phi) is 4.31. The molecule has 2 aromatic carbocycles. The van der Waals surface area contributed by atoms with Gasteiger partial charge >= 0.3 is 0 Å². The lowest BCUT2D eigenvalue weighted by Gasteiger charge is -2.20. The van der Waals surface area contributed by atoms with Crippen LogP contribution < -0.4 is 9.62 Å². The third kappa shape index (κ3) is 3.50. The molecule has 0 aromatic heterocycles. The van der Waals surface area contributed by atoms with Crippen LogP contribution in [0.15, 0.2) is 47.4 Å². The van der Waals surface area contributed by atoms with Crippen LogP contribution in [0.2, 0.25) is 0 Å². The maximum absolute atomic E-state index is 12.6. The average Bonchev–Trinajstić information content (AvgIpc) is 3.04. The van der Waals surface area contributed by atoms with Gasteiger partial charge in [-0.1, -0.05) is 18.2 Å². The molecule has 1 heterocycles. The molecule has 23 heavy (non-hydrogen) atoms. The van der Waals surface area contributed by atoms with Gasteiger partial charge in [-0.15, -0.1) is 0 Å². The molecule has 1 N–H and O–H groups in total. The van der Waals surface area contributed by atoms with E-state index in [4.69, 9.17) is 0 Å². The summed E-state index contributed by atoms with van der Waals surface area (Å²) in [6.07, 6.45) is 2.39. The van der Waals surface area contributed by atoms with Crippen molar-refractivity contribution in [3.8, 4) is 0 Å². The molecule has 1 fully saturated rings. The highest BCUT2D eigenvalue weighted by atomic mass is 32.2. The molecule has 0 atom stereocenters. The topological polar surface area (TPSA) is 49.4 Å². The van der Waals surface area contributed by atoms with Crippen LogP contribution in [0.1, 0.15) is 24.0 Å². The van der Waals surface area contributed by atoms with Crippen molar-refractivity contribution >= 4 is 21.4 Å². The van der Waals surface area contributed by atoms with Gasteiger partial charge in [0, 0.05) is 18.8 Å². The molecular weight excluding hydrogens is 308 g/mol. The second-order valence-corrected chi connectivity index (χ2v) is 7.80. The largest absolute Gasteiger partial charge is 0.371 e. The predicted molar refractivity (Wildman–Crippen MR) is 94.6 cm³/mol. The SMILES string of the molecule is Cc1cccc(S(=O)(=O)Nc2cc(N3CCCC3)ccc2C)c1. The van der Waals surface area contributed by atoms with Crippen LogP contribution in [-0.2, 0) is 10.0 Å². The zero-order valence-corrected chi connectivity index (χ0v) is 14.4. The van der Waals surface area contributed by atoms with Gasteiger partial charge in [-0.25, -0.2) is 8.42 Å². The highest BCUT2D eigenvalue weighted by Crippen LogP contribution is 2.28. The zero-order valence-electron chi connectivity index (χ0n) is 13.5. The van der Waals surface area contributed by atoms with E-state index < -0.39 is 10.0 Å². The standard InChI is InChI=1S/C18H22N2O2S/c1-14-6-5-7-17(12-14)23(21,22)19-18-13-16(9-8-15(18)2)20-10-3-4-11-20/h5-9,12-13,19H,3-4,10-11H2,1-2H3. The number of hydrogen-bond donors (Lipinski definition) is 1. The van der Waals surface area contributed by atoms with E-state index in [0.29, 0.717) is 10.6 Å². The lowest BCUT2D eigenvalue weighted by atomic mass is 10.2. The quantitative estimate of drug-likeness (QED) is 0.930. The Labute approximate surface area is 138 Å². The second kappa shape index (κ2) is 6.24. The summed E-state index contributed by atoms with van der Waals surface area (Å²) < 4.78 is 28.0. The Balaban J connectivity index is 1.91. The molecule has 2 aromatic rings. The number of benzene rings is 2. The molecule has 122 valence electrons. The van der Waals surface area contributed by atoms with Crippen molar-refractivity contribution < 1.29 is 8.42 Å². The molecule has 0 saturated carbocycles. The van der Waals surface area contributed by atoms with Gasteiger partial charge in [-0.3, -0.25) is 4.72 Å². The average molecular weight is 330 g/mol. The van der Waals surface area contributed by atoms with Crippen LogP contribution >= 0.6 is 0 Å². The van der Waals surface area contributed by atoms with Crippen molar-refractivity contribution in [3.63, 3.8) is 0 Å². The Bertz CT molecular complexity index is 810. The number of nitrogens with zero attached hydrogens (tertiary/aromatic N) is 1. The maximum Gasteiger partial charge on any atom is 0.261 e. The van der Waals surface area contributed by atoms with Crippen LogP contribution in [0, 0.1) is 13.8 Å². The fourth-order valence-electron chi connectivity index (χ4n) is 2.88. The Morgan fingerprint density at radius 1 is 1.00 bits per heavy atom. The van der Waals surface area contributed by atoms with E-state index in [1.165, 1.54) is 12.8 Å². The third-order valence-electron chi connectivity index (χ3n) is 4.24. The normalized spacial score (nSPS) is 15.0. The van der Waals surface area contributed by atoms with Crippen molar-refractivity contribution in [1.82, 2.24) is 0 Å². The number of aryl methyl sites for hydroxylation is 2. The fraction of sp³-hybridized carbons (Fsp3) is 0.333. The van der Waals surface area contributed by atoms with Crippen molar-refractivity contribution in [2.45, 2.75) is 31.6 Å². The predicted octanol–water partition coefficient (Wildman–Crippen LogP) is 3.70. The first-order valence-electron chi connectivity index (χ1n) is 7.91. The molecule has 5 heteroatoms. The smallest absolute Gasteiger partial charge is 0.261 e. The Hall–Kier alpha value is -2.01. The first-order chi connectivity index (χ1) is 11.0.